The van der Waals surface area contributed by atoms with Crippen molar-refractivity contribution in [3.63, 3.8) is 0 Å². The van der Waals surface area contributed by atoms with Crippen molar-refractivity contribution in [1.29, 1.82) is 0 Å². The molecule has 2 amide bonds. The lowest BCUT2D eigenvalue weighted by atomic mass is 10.1. The van der Waals surface area contributed by atoms with Gasteiger partial charge < -0.3 is 14.5 Å². The van der Waals surface area contributed by atoms with E-state index in [-0.39, 0.29) is 11.8 Å². The van der Waals surface area contributed by atoms with Crippen LogP contribution in [-0.2, 0) is 16.0 Å². The number of hydrogen-bond donors (Lipinski definition) is 0. The van der Waals surface area contributed by atoms with Gasteiger partial charge in [0.2, 0.25) is 11.8 Å². The summed E-state index contributed by atoms with van der Waals surface area (Å²) in [5.41, 5.74) is 1.77. The first-order chi connectivity index (χ1) is 12.6. The molecule has 1 saturated heterocycles. The average molecular weight is 352 g/mol. The third-order valence-electron chi connectivity index (χ3n) is 4.61. The summed E-state index contributed by atoms with van der Waals surface area (Å²) in [4.78, 5) is 28.9. The lowest BCUT2D eigenvalue weighted by Crippen LogP contribution is -2.58. The minimum absolute atomic E-state index is 0.0141. The number of hydrogen-bond acceptors (Lipinski definition) is 3. The van der Waals surface area contributed by atoms with Crippen LogP contribution in [0.15, 0.2) is 54.6 Å². The van der Waals surface area contributed by atoms with E-state index >= 15 is 0 Å². The zero-order valence-electron chi connectivity index (χ0n) is 15.2. The van der Waals surface area contributed by atoms with Gasteiger partial charge in [-0.25, -0.2) is 0 Å². The summed E-state index contributed by atoms with van der Waals surface area (Å²) < 4.78 is 5.52. The summed E-state index contributed by atoms with van der Waals surface area (Å²) in [6.07, 6.45) is 0.318. The van der Waals surface area contributed by atoms with Gasteiger partial charge in [0.15, 0.2) is 0 Å². The number of nitrogens with zero attached hydrogens (tertiary/aromatic N) is 2. The van der Waals surface area contributed by atoms with E-state index < -0.39 is 6.04 Å². The van der Waals surface area contributed by atoms with Crippen LogP contribution in [0.5, 0.6) is 5.75 Å². The standard InChI is InChI=1S/C21H24N2O3/c1-3-26-19-11-7-10-18(15-19)23-13-12-22(16(2)21(23)25)20(24)14-17-8-5-4-6-9-17/h4-11,15-16H,3,12-14H2,1-2H3/t16-/m0/s1. The van der Waals surface area contributed by atoms with Crippen LogP contribution in [0.25, 0.3) is 0 Å². The number of benzene rings is 2. The van der Waals surface area contributed by atoms with Crippen LogP contribution in [-0.4, -0.2) is 42.5 Å². The van der Waals surface area contributed by atoms with Crippen LogP contribution >= 0.6 is 0 Å². The topological polar surface area (TPSA) is 49.9 Å². The highest BCUT2D eigenvalue weighted by atomic mass is 16.5. The Morgan fingerprint density at radius 1 is 1.12 bits per heavy atom. The predicted molar refractivity (Wildman–Crippen MR) is 101 cm³/mol. The van der Waals surface area contributed by atoms with Gasteiger partial charge in [-0.1, -0.05) is 36.4 Å². The van der Waals surface area contributed by atoms with Gasteiger partial charge in [-0.15, -0.1) is 0 Å². The third-order valence-corrected chi connectivity index (χ3v) is 4.61. The van der Waals surface area contributed by atoms with Crippen LogP contribution in [0.2, 0.25) is 0 Å². The van der Waals surface area contributed by atoms with E-state index in [1.807, 2.05) is 61.5 Å². The van der Waals surface area contributed by atoms with Crippen molar-refractivity contribution in [3.05, 3.63) is 60.2 Å². The molecule has 1 aliphatic heterocycles. The zero-order chi connectivity index (χ0) is 18.5. The molecule has 1 fully saturated rings. The van der Waals surface area contributed by atoms with E-state index in [1.165, 1.54) is 0 Å². The van der Waals surface area contributed by atoms with E-state index in [0.29, 0.717) is 26.1 Å². The quantitative estimate of drug-likeness (QED) is 0.831. The van der Waals surface area contributed by atoms with Crippen LogP contribution in [0.1, 0.15) is 19.4 Å². The highest BCUT2D eigenvalue weighted by molar-refractivity contribution is 6.00. The van der Waals surface area contributed by atoms with Crippen LogP contribution < -0.4 is 9.64 Å². The molecule has 5 nitrogen and oxygen atoms in total. The van der Waals surface area contributed by atoms with Crippen molar-refractivity contribution in [3.8, 4) is 5.75 Å². The number of ether oxygens (including phenoxy) is 1. The Morgan fingerprint density at radius 3 is 2.62 bits per heavy atom. The first kappa shape index (κ1) is 18.0. The fraction of sp³-hybridized carbons (Fsp3) is 0.333. The van der Waals surface area contributed by atoms with E-state index in [4.69, 9.17) is 4.74 Å². The van der Waals surface area contributed by atoms with Crippen molar-refractivity contribution in [1.82, 2.24) is 4.90 Å². The summed E-state index contributed by atoms with van der Waals surface area (Å²) in [5.74, 6) is 0.666. The number of anilines is 1. The van der Waals surface area contributed by atoms with Crippen molar-refractivity contribution in [2.75, 3.05) is 24.6 Å². The molecule has 2 aromatic rings. The molecule has 1 aliphatic rings. The van der Waals surface area contributed by atoms with Crippen molar-refractivity contribution in [2.24, 2.45) is 0 Å². The van der Waals surface area contributed by atoms with Gasteiger partial charge in [-0.2, -0.15) is 0 Å². The molecule has 1 heterocycles. The van der Waals surface area contributed by atoms with Gasteiger partial charge >= 0.3 is 0 Å². The minimum Gasteiger partial charge on any atom is -0.494 e. The fourth-order valence-corrected chi connectivity index (χ4v) is 3.25. The normalized spacial score (nSPS) is 17.3. The summed E-state index contributed by atoms with van der Waals surface area (Å²) in [5, 5.41) is 0. The lowest BCUT2D eigenvalue weighted by molar-refractivity contribution is -0.140. The molecule has 0 radical (unpaired) electrons. The largest absolute Gasteiger partial charge is 0.494 e. The molecule has 0 spiro atoms. The lowest BCUT2D eigenvalue weighted by Gasteiger charge is -2.39. The smallest absolute Gasteiger partial charge is 0.249 e. The molecule has 5 heteroatoms. The molecule has 0 aliphatic carbocycles. The predicted octanol–water partition coefficient (Wildman–Crippen LogP) is 2.89. The van der Waals surface area contributed by atoms with E-state index in [2.05, 4.69) is 0 Å². The first-order valence-electron chi connectivity index (χ1n) is 8.97. The zero-order valence-corrected chi connectivity index (χ0v) is 15.2. The number of piperazine rings is 1. The van der Waals surface area contributed by atoms with Crippen molar-refractivity contribution < 1.29 is 14.3 Å². The van der Waals surface area contributed by atoms with Gasteiger partial charge in [0.25, 0.3) is 0 Å². The average Bonchev–Trinajstić information content (AvgIpc) is 2.65. The van der Waals surface area contributed by atoms with E-state index in [9.17, 15) is 9.59 Å². The molecule has 2 aromatic carbocycles. The van der Waals surface area contributed by atoms with Crippen LogP contribution in [0.4, 0.5) is 5.69 Å². The van der Waals surface area contributed by atoms with Gasteiger partial charge in [0.05, 0.1) is 13.0 Å². The molecular weight excluding hydrogens is 328 g/mol. The highest BCUT2D eigenvalue weighted by Crippen LogP contribution is 2.25. The molecule has 26 heavy (non-hydrogen) atoms. The first-order valence-corrected chi connectivity index (χ1v) is 8.97. The maximum Gasteiger partial charge on any atom is 0.249 e. The van der Waals surface area contributed by atoms with E-state index in [1.54, 1.807) is 16.7 Å². The van der Waals surface area contributed by atoms with Crippen LogP contribution in [0, 0.1) is 0 Å². The highest BCUT2D eigenvalue weighted by Gasteiger charge is 2.34. The number of amides is 2. The number of carbonyl (C=O) groups excluding carboxylic acids is 2. The Bertz CT molecular complexity index is 776. The van der Waals surface area contributed by atoms with Gasteiger partial charge in [0.1, 0.15) is 11.8 Å². The maximum atomic E-state index is 12.9. The van der Waals surface area contributed by atoms with Crippen molar-refractivity contribution >= 4 is 17.5 Å². The summed E-state index contributed by atoms with van der Waals surface area (Å²) in [6.45, 7) is 5.31. The molecule has 3 rings (SSSR count). The van der Waals surface area contributed by atoms with Gasteiger partial charge in [-0.05, 0) is 31.5 Å². The van der Waals surface area contributed by atoms with E-state index in [0.717, 1.165) is 17.0 Å². The molecule has 1 atom stereocenters. The Kier molecular flexibility index (Phi) is 5.56. The van der Waals surface area contributed by atoms with Crippen LogP contribution in [0.3, 0.4) is 0 Å². The van der Waals surface area contributed by atoms with Crippen molar-refractivity contribution in [2.45, 2.75) is 26.3 Å². The number of carbonyl (C=O) groups is 2. The molecule has 0 aromatic heterocycles. The second-order valence-corrected chi connectivity index (χ2v) is 6.35. The molecule has 0 unspecified atom stereocenters. The van der Waals surface area contributed by atoms with Gasteiger partial charge in [0, 0.05) is 24.8 Å². The molecule has 0 bridgehead atoms. The summed E-state index contributed by atoms with van der Waals surface area (Å²) in [7, 11) is 0. The molecule has 0 N–H and O–H groups in total. The molecular formula is C21H24N2O3. The summed E-state index contributed by atoms with van der Waals surface area (Å²) >= 11 is 0. The third kappa shape index (κ3) is 3.87. The molecule has 0 saturated carbocycles. The Labute approximate surface area is 154 Å². The fourth-order valence-electron chi connectivity index (χ4n) is 3.25. The Balaban J connectivity index is 1.70. The Hall–Kier alpha value is -2.82. The monoisotopic (exact) mass is 352 g/mol. The minimum atomic E-state index is -0.476. The summed E-state index contributed by atoms with van der Waals surface area (Å²) in [6, 6.07) is 16.7. The Morgan fingerprint density at radius 2 is 1.88 bits per heavy atom. The second kappa shape index (κ2) is 8.04. The number of rotatable bonds is 5. The SMILES string of the molecule is CCOc1cccc(N2CCN(C(=O)Cc3ccccc3)[C@@H](C)C2=O)c1. The second-order valence-electron chi connectivity index (χ2n) is 6.35. The van der Waals surface area contributed by atoms with Gasteiger partial charge in [-0.3, -0.25) is 9.59 Å². The maximum absolute atomic E-state index is 12.9. The molecule has 136 valence electrons.